The van der Waals surface area contributed by atoms with Crippen LogP contribution in [0.5, 0.6) is 5.75 Å². The van der Waals surface area contributed by atoms with E-state index in [2.05, 4.69) is 43.4 Å². The molecule has 94 valence electrons. The maximum absolute atomic E-state index is 5.44. The third-order valence-electron chi connectivity index (χ3n) is 3.65. The van der Waals surface area contributed by atoms with Gasteiger partial charge in [0.25, 0.3) is 0 Å². The summed E-state index contributed by atoms with van der Waals surface area (Å²) in [7, 11) is 0. The summed E-state index contributed by atoms with van der Waals surface area (Å²) in [6.45, 7) is 8.44. The van der Waals surface area contributed by atoms with Crippen LogP contribution in [0.3, 0.4) is 0 Å². The number of ether oxygens (including phenoxy) is 1. The van der Waals surface area contributed by atoms with E-state index < -0.39 is 0 Å². The van der Waals surface area contributed by atoms with Gasteiger partial charge in [0.1, 0.15) is 5.75 Å². The van der Waals surface area contributed by atoms with E-state index in [1.54, 1.807) is 0 Å². The van der Waals surface area contributed by atoms with E-state index in [0.29, 0.717) is 6.04 Å². The van der Waals surface area contributed by atoms with Crippen molar-refractivity contribution in [1.82, 2.24) is 5.32 Å². The molecule has 3 atom stereocenters. The first-order valence-electron chi connectivity index (χ1n) is 6.66. The van der Waals surface area contributed by atoms with Crippen molar-refractivity contribution in [1.29, 1.82) is 0 Å². The van der Waals surface area contributed by atoms with Crippen molar-refractivity contribution < 1.29 is 4.74 Å². The molecule has 1 aromatic carbocycles. The molecule has 1 N–H and O–H groups in total. The van der Waals surface area contributed by atoms with E-state index in [9.17, 15) is 0 Å². The molecule has 2 rings (SSSR count). The van der Waals surface area contributed by atoms with Crippen LogP contribution in [0.15, 0.2) is 24.3 Å². The molecule has 2 nitrogen and oxygen atoms in total. The van der Waals surface area contributed by atoms with Gasteiger partial charge >= 0.3 is 0 Å². The zero-order valence-corrected chi connectivity index (χ0v) is 11.1. The van der Waals surface area contributed by atoms with E-state index >= 15 is 0 Å². The number of rotatable bonds is 6. The van der Waals surface area contributed by atoms with Crippen molar-refractivity contribution >= 4 is 0 Å². The Bertz CT molecular complexity index is 346. The number of benzene rings is 1. The van der Waals surface area contributed by atoms with E-state index in [-0.39, 0.29) is 0 Å². The molecule has 0 amide bonds. The lowest BCUT2D eigenvalue weighted by atomic mass is 10.1. The van der Waals surface area contributed by atoms with Gasteiger partial charge in [-0.25, -0.2) is 0 Å². The molecule has 0 radical (unpaired) electrons. The Balaban J connectivity index is 1.83. The first kappa shape index (κ1) is 12.4. The van der Waals surface area contributed by atoms with Crippen LogP contribution in [0.2, 0.25) is 0 Å². The number of nitrogens with one attached hydrogen (secondary N) is 1. The van der Waals surface area contributed by atoms with E-state index in [1.807, 2.05) is 6.92 Å². The van der Waals surface area contributed by atoms with Gasteiger partial charge in [-0.2, -0.15) is 0 Å². The molecule has 0 aliphatic heterocycles. The van der Waals surface area contributed by atoms with Gasteiger partial charge in [0.15, 0.2) is 0 Å². The highest BCUT2D eigenvalue weighted by atomic mass is 16.5. The Kier molecular flexibility index (Phi) is 4.06. The lowest BCUT2D eigenvalue weighted by Gasteiger charge is -2.14. The predicted octanol–water partition coefficient (Wildman–Crippen LogP) is 3.39. The monoisotopic (exact) mass is 233 g/mol. The highest BCUT2D eigenvalue weighted by molar-refractivity contribution is 5.28. The van der Waals surface area contributed by atoms with Crippen molar-refractivity contribution in [3.8, 4) is 5.75 Å². The molecule has 0 aromatic heterocycles. The van der Waals surface area contributed by atoms with Gasteiger partial charge in [-0.3, -0.25) is 0 Å². The number of hydrogen-bond donors (Lipinski definition) is 1. The van der Waals surface area contributed by atoms with Gasteiger partial charge < -0.3 is 10.1 Å². The second kappa shape index (κ2) is 5.54. The highest BCUT2D eigenvalue weighted by Crippen LogP contribution is 2.37. The molecule has 1 aliphatic carbocycles. The smallest absolute Gasteiger partial charge is 0.119 e. The quantitative estimate of drug-likeness (QED) is 0.813. The molecule has 0 bridgehead atoms. The van der Waals surface area contributed by atoms with Crippen LogP contribution in [-0.4, -0.2) is 13.2 Å². The predicted molar refractivity (Wildman–Crippen MR) is 71.3 cm³/mol. The van der Waals surface area contributed by atoms with Crippen molar-refractivity contribution in [2.24, 2.45) is 11.8 Å². The van der Waals surface area contributed by atoms with Gasteiger partial charge in [-0.15, -0.1) is 0 Å². The summed E-state index contributed by atoms with van der Waals surface area (Å²) < 4.78 is 5.44. The average molecular weight is 233 g/mol. The largest absolute Gasteiger partial charge is 0.494 e. The molecule has 0 saturated heterocycles. The molecule has 1 fully saturated rings. The molecule has 0 heterocycles. The molecule has 1 saturated carbocycles. The standard InChI is InChI=1S/C15H23NO/c1-4-17-15-7-5-13(6-8-15)12(3)16-10-14-9-11(14)2/h5-8,11-12,14,16H,4,9-10H2,1-3H3. The molecular formula is C15H23NO. The first-order valence-corrected chi connectivity index (χ1v) is 6.66. The van der Waals surface area contributed by atoms with Crippen LogP contribution in [0, 0.1) is 11.8 Å². The Morgan fingerprint density at radius 1 is 1.35 bits per heavy atom. The lowest BCUT2D eigenvalue weighted by molar-refractivity contribution is 0.340. The molecule has 1 aliphatic rings. The van der Waals surface area contributed by atoms with Crippen LogP contribution < -0.4 is 10.1 Å². The Morgan fingerprint density at radius 3 is 2.53 bits per heavy atom. The van der Waals surface area contributed by atoms with Gasteiger partial charge in [0, 0.05) is 6.04 Å². The minimum atomic E-state index is 0.429. The second-order valence-electron chi connectivity index (χ2n) is 5.11. The zero-order chi connectivity index (χ0) is 12.3. The Hall–Kier alpha value is -1.02. The fraction of sp³-hybridized carbons (Fsp3) is 0.600. The minimum Gasteiger partial charge on any atom is -0.494 e. The molecular weight excluding hydrogens is 210 g/mol. The van der Waals surface area contributed by atoms with Gasteiger partial charge in [-0.1, -0.05) is 19.1 Å². The summed E-state index contributed by atoms with van der Waals surface area (Å²) in [6.07, 6.45) is 1.39. The lowest BCUT2D eigenvalue weighted by Crippen LogP contribution is -2.21. The maximum atomic E-state index is 5.44. The van der Waals surface area contributed by atoms with E-state index in [4.69, 9.17) is 4.74 Å². The van der Waals surface area contributed by atoms with Crippen LogP contribution in [-0.2, 0) is 0 Å². The van der Waals surface area contributed by atoms with Crippen molar-refractivity contribution in [3.63, 3.8) is 0 Å². The SMILES string of the molecule is CCOc1ccc(C(C)NCC2CC2C)cc1. The molecule has 17 heavy (non-hydrogen) atoms. The van der Waals surface area contributed by atoms with E-state index in [1.165, 1.54) is 12.0 Å². The third-order valence-corrected chi connectivity index (χ3v) is 3.65. The molecule has 2 heteroatoms. The number of hydrogen-bond acceptors (Lipinski definition) is 2. The fourth-order valence-corrected chi connectivity index (χ4v) is 2.15. The van der Waals surface area contributed by atoms with Crippen molar-refractivity contribution in [3.05, 3.63) is 29.8 Å². The molecule has 3 unspecified atom stereocenters. The van der Waals surface area contributed by atoms with Crippen molar-refractivity contribution in [2.45, 2.75) is 33.2 Å². The summed E-state index contributed by atoms with van der Waals surface area (Å²) in [5, 5.41) is 3.60. The third kappa shape index (κ3) is 3.47. The zero-order valence-electron chi connectivity index (χ0n) is 11.1. The summed E-state index contributed by atoms with van der Waals surface area (Å²) in [5.41, 5.74) is 1.33. The normalized spacial score (nSPS) is 24.4. The topological polar surface area (TPSA) is 21.3 Å². The highest BCUT2D eigenvalue weighted by Gasteiger charge is 2.32. The Morgan fingerprint density at radius 2 is 2.00 bits per heavy atom. The van der Waals surface area contributed by atoms with Crippen LogP contribution in [0.1, 0.15) is 38.8 Å². The van der Waals surface area contributed by atoms with Gasteiger partial charge in [0.05, 0.1) is 6.61 Å². The summed E-state index contributed by atoms with van der Waals surface area (Å²) in [4.78, 5) is 0. The van der Waals surface area contributed by atoms with Gasteiger partial charge in [0.2, 0.25) is 0 Å². The summed E-state index contributed by atoms with van der Waals surface area (Å²) in [6, 6.07) is 8.84. The van der Waals surface area contributed by atoms with Crippen LogP contribution >= 0.6 is 0 Å². The fourth-order valence-electron chi connectivity index (χ4n) is 2.15. The summed E-state index contributed by atoms with van der Waals surface area (Å²) >= 11 is 0. The van der Waals surface area contributed by atoms with Crippen LogP contribution in [0.4, 0.5) is 0 Å². The van der Waals surface area contributed by atoms with Crippen molar-refractivity contribution in [2.75, 3.05) is 13.2 Å². The molecule has 0 spiro atoms. The van der Waals surface area contributed by atoms with Gasteiger partial charge in [-0.05, 0) is 56.3 Å². The summed E-state index contributed by atoms with van der Waals surface area (Å²) in [5.74, 6) is 2.79. The average Bonchev–Trinajstić information content (AvgIpc) is 3.04. The Labute approximate surface area is 104 Å². The second-order valence-corrected chi connectivity index (χ2v) is 5.11. The molecule has 1 aromatic rings. The minimum absolute atomic E-state index is 0.429. The van der Waals surface area contributed by atoms with E-state index in [0.717, 1.165) is 30.7 Å². The van der Waals surface area contributed by atoms with Crippen LogP contribution in [0.25, 0.3) is 0 Å². The maximum Gasteiger partial charge on any atom is 0.119 e. The first-order chi connectivity index (χ1) is 8.20.